The van der Waals surface area contributed by atoms with Crippen molar-refractivity contribution in [2.24, 2.45) is 0 Å². The Morgan fingerprint density at radius 3 is 2.58 bits per heavy atom. The first kappa shape index (κ1) is 27.1. The van der Waals surface area contributed by atoms with Crippen LogP contribution in [0, 0.1) is 0 Å². The summed E-state index contributed by atoms with van der Waals surface area (Å²) in [5.41, 5.74) is 2.46. The van der Waals surface area contributed by atoms with Crippen molar-refractivity contribution in [2.75, 3.05) is 20.4 Å². The fourth-order valence-electron chi connectivity index (χ4n) is 3.47. The second kappa shape index (κ2) is 12.4. The number of nitrogens with one attached hydrogen (secondary N) is 2. The second-order valence-corrected chi connectivity index (χ2v) is 9.52. The molecule has 0 radical (unpaired) electrons. The third-order valence-electron chi connectivity index (χ3n) is 5.08. The van der Waals surface area contributed by atoms with Crippen molar-refractivity contribution in [3.05, 3.63) is 40.3 Å². The molecule has 1 aromatic heterocycles. The first-order valence-electron chi connectivity index (χ1n) is 11.2. The lowest BCUT2D eigenvalue weighted by Crippen LogP contribution is -2.32. The average Bonchev–Trinajstić information content (AvgIpc) is 3.18. The summed E-state index contributed by atoms with van der Waals surface area (Å²) in [5, 5.41) is 20.1. The summed E-state index contributed by atoms with van der Waals surface area (Å²) >= 11 is 6.46. The predicted molar refractivity (Wildman–Crippen MR) is 131 cm³/mol. The van der Waals surface area contributed by atoms with Gasteiger partial charge in [-0.2, -0.15) is 5.10 Å². The van der Waals surface area contributed by atoms with Gasteiger partial charge in [-0.3, -0.25) is 4.79 Å². The van der Waals surface area contributed by atoms with E-state index >= 15 is 0 Å². The number of carbonyl (C=O) groups is 1. The van der Waals surface area contributed by atoms with Gasteiger partial charge in [0.25, 0.3) is 0 Å². The zero-order chi connectivity index (χ0) is 24.6. The van der Waals surface area contributed by atoms with Crippen molar-refractivity contribution < 1.29 is 19.4 Å². The highest BCUT2D eigenvalue weighted by molar-refractivity contribution is 6.32. The molecule has 0 spiro atoms. The molecule has 3 rings (SSSR count). The van der Waals surface area contributed by atoms with Crippen LogP contribution in [0.2, 0.25) is 5.02 Å². The Morgan fingerprint density at radius 2 is 2.06 bits per heavy atom. The number of aliphatic hydroxyl groups excluding tert-OH is 1. The van der Waals surface area contributed by atoms with Crippen LogP contribution in [0.1, 0.15) is 65.7 Å². The maximum Gasteiger partial charge on any atom is 0.230 e. The molecular weight excluding hydrogens is 444 g/mol. The lowest BCUT2D eigenvalue weighted by atomic mass is 10.1. The third kappa shape index (κ3) is 7.99. The second-order valence-electron chi connectivity index (χ2n) is 9.11. The average molecular weight is 481 g/mol. The minimum atomic E-state index is -0.200. The van der Waals surface area contributed by atoms with Crippen molar-refractivity contribution in [2.45, 2.75) is 72.1 Å². The standard InChI is InChI=1S/C19H25ClN4O2.C5H12O2/c1-12(2)19(21-3)23-16(25)10-14-15(20)8-7-13-11-22-24(18(13)14)17-6-4-5-9-26-17;1-5(2,3)7-4-6/h7-8,11,17,21H,4-6,9-10H2,1-3H3,(H,23,25);6H,4H2,1-3H3. The van der Waals surface area contributed by atoms with Gasteiger partial charge in [0.15, 0.2) is 6.23 Å². The molecule has 184 valence electrons. The molecule has 8 nitrogen and oxygen atoms in total. The van der Waals surface area contributed by atoms with E-state index in [1.165, 1.54) is 0 Å². The number of halogens is 1. The molecule has 1 aromatic carbocycles. The van der Waals surface area contributed by atoms with Gasteiger partial charge in [-0.25, -0.2) is 4.68 Å². The fraction of sp³-hybridized carbons (Fsp3) is 0.583. The highest BCUT2D eigenvalue weighted by Gasteiger charge is 2.22. The van der Waals surface area contributed by atoms with E-state index in [1.807, 2.05) is 51.4 Å². The molecular formula is C24H37ClN4O4. The molecule has 2 aromatic rings. The lowest BCUT2D eigenvalue weighted by molar-refractivity contribution is -0.119. The minimum Gasteiger partial charge on any atom is -0.375 e. The lowest BCUT2D eigenvalue weighted by Gasteiger charge is -2.24. The van der Waals surface area contributed by atoms with Gasteiger partial charge in [-0.05, 0) is 71.6 Å². The van der Waals surface area contributed by atoms with Gasteiger partial charge in [-0.15, -0.1) is 0 Å². The molecule has 1 aliphatic rings. The van der Waals surface area contributed by atoms with Crippen LogP contribution in [0.3, 0.4) is 0 Å². The monoisotopic (exact) mass is 480 g/mol. The zero-order valence-electron chi connectivity index (χ0n) is 20.5. The maximum absolute atomic E-state index is 12.6. The van der Waals surface area contributed by atoms with Gasteiger partial charge < -0.3 is 25.2 Å². The van der Waals surface area contributed by atoms with Gasteiger partial charge in [0.2, 0.25) is 5.91 Å². The van der Waals surface area contributed by atoms with Crippen LogP contribution < -0.4 is 10.6 Å². The molecule has 1 fully saturated rings. The summed E-state index contributed by atoms with van der Waals surface area (Å²) in [7, 11) is 1.78. The summed E-state index contributed by atoms with van der Waals surface area (Å²) in [5.74, 6) is 0.588. The number of aliphatic hydroxyl groups is 1. The first-order chi connectivity index (χ1) is 15.6. The normalized spacial score (nSPS) is 16.1. The van der Waals surface area contributed by atoms with E-state index in [0.717, 1.165) is 47.9 Å². The van der Waals surface area contributed by atoms with Crippen LogP contribution in [-0.2, 0) is 20.7 Å². The Kier molecular flexibility index (Phi) is 10.2. The van der Waals surface area contributed by atoms with E-state index in [4.69, 9.17) is 26.2 Å². The molecule has 1 unspecified atom stereocenters. The van der Waals surface area contributed by atoms with Crippen molar-refractivity contribution in [1.29, 1.82) is 0 Å². The Hall–Kier alpha value is -2.13. The van der Waals surface area contributed by atoms with Crippen LogP contribution in [-0.4, -0.2) is 46.8 Å². The molecule has 1 aliphatic heterocycles. The summed E-state index contributed by atoms with van der Waals surface area (Å²) in [6.45, 7) is 10.1. The van der Waals surface area contributed by atoms with E-state index in [1.54, 1.807) is 13.2 Å². The van der Waals surface area contributed by atoms with Crippen LogP contribution >= 0.6 is 11.6 Å². The van der Waals surface area contributed by atoms with Gasteiger partial charge >= 0.3 is 0 Å². The molecule has 0 aliphatic carbocycles. The molecule has 33 heavy (non-hydrogen) atoms. The largest absolute Gasteiger partial charge is 0.375 e. The molecule has 9 heteroatoms. The SMILES string of the molecule is CC(C)(C)OCO.CNC(NC(=O)Cc1c(Cl)ccc2cnn(C3CCCCO3)c12)=C(C)C. The van der Waals surface area contributed by atoms with Gasteiger partial charge in [-0.1, -0.05) is 11.6 Å². The molecule has 2 heterocycles. The molecule has 1 amide bonds. The van der Waals surface area contributed by atoms with Crippen molar-refractivity contribution >= 4 is 28.4 Å². The van der Waals surface area contributed by atoms with Gasteiger partial charge in [0.1, 0.15) is 12.6 Å². The van der Waals surface area contributed by atoms with Crippen LogP contribution in [0.4, 0.5) is 0 Å². The van der Waals surface area contributed by atoms with E-state index in [-0.39, 0.29) is 30.9 Å². The topological polar surface area (TPSA) is 97.6 Å². The van der Waals surface area contributed by atoms with E-state index in [2.05, 4.69) is 15.7 Å². The summed E-state index contributed by atoms with van der Waals surface area (Å²) in [4.78, 5) is 12.6. The van der Waals surface area contributed by atoms with Gasteiger partial charge in [0.05, 0.1) is 23.7 Å². The minimum absolute atomic E-state index is 0.104. The molecule has 0 bridgehead atoms. The number of hydrogen-bond donors (Lipinski definition) is 3. The fourth-order valence-corrected chi connectivity index (χ4v) is 3.68. The quantitative estimate of drug-likeness (QED) is 0.534. The number of rotatable bonds is 6. The Labute approximate surface area is 201 Å². The molecule has 1 saturated heterocycles. The number of aromatic nitrogens is 2. The maximum atomic E-state index is 12.6. The van der Waals surface area contributed by atoms with Crippen LogP contribution in [0.15, 0.2) is 29.7 Å². The Bertz CT molecular complexity index is 955. The number of allylic oxidation sites excluding steroid dienone is 1. The number of hydrogen-bond acceptors (Lipinski definition) is 6. The predicted octanol–water partition coefficient (Wildman–Crippen LogP) is 4.27. The Morgan fingerprint density at radius 1 is 1.33 bits per heavy atom. The van der Waals surface area contributed by atoms with E-state index in [0.29, 0.717) is 10.8 Å². The highest BCUT2D eigenvalue weighted by atomic mass is 35.5. The highest BCUT2D eigenvalue weighted by Crippen LogP contribution is 2.31. The number of amides is 1. The van der Waals surface area contributed by atoms with E-state index < -0.39 is 0 Å². The smallest absolute Gasteiger partial charge is 0.230 e. The summed E-state index contributed by atoms with van der Waals surface area (Å²) in [6.07, 6.45) is 4.96. The number of nitrogens with zero attached hydrogens (tertiary/aromatic N) is 2. The third-order valence-corrected chi connectivity index (χ3v) is 5.44. The molecule has 0 saturated carbocycles. The van der Waals surface area contributed by atoms with Crippen LogP contribution in [0.5, 0.6) is 0 Å². The summed E-state index contributed by atoms with van der Waals surface area (Å²) < 4.78 is 12.5. The zero-order valence-corrected chi connectivity index (χ0v) is 21.3. The number of carbonyl (C=O) groups excluding carboxylic acids is 1. The van der Waals surface area contributed by atoms with Crippen molar-refractivity contribution in [1.82, 2.24) is 20.4 Å². The number of benzene rings is 1. The van der Waals surface area contributed by atoms with E-state index in [9.17, 15) is 4.79 Å². The summed E-state index contributed by atoms with van der Waals surface area (Å²) in [6, 6.07) is 3.75. The number of fused-ring (bicyclic) bond motifs is 1. The van der Waals surface area contributed by atoms with Crippen molar-refractivity contribution in [3.8, 4) is 0 Å². The molecule has 1 atom stereocenters. The van der Waals surface area contributed by atoms with Crippen LogP contribution in [0.25, 0.3) is 10.9 Å². The first-order valence-corrected chi connectivity index (χ1v) is 11.6. The Balaban J connectivity index is 0.000000479. The van der Waals surface area contributed by atoms with Gasteiger partial charge in [0, 0.05) is 29.6 Å². The number of ether oxygens (including phenoxy) is 2. The van der Waals surface area contributed by atoms with Crippen molar-refractivity contribution in [3.63, 3.8) is 0 Å². The molecule has 3 N–H and O–H groups in total.